The summed E-state index contributed by atoms with van der Waals surface area (Å²) in [4.78, 5) is 28.3. The lowest BCUT2D eigenvalue weighted by Crippen LogP contribution is -2.40. The predicted molar refractivity (Wildman–Crippen MR) is 91.8 cm³/mol. The van der Waals surface area contributed by atoms with E-state index in [1.54, 1.807) is 4.90 Å². The van der Waals surface area contributed by atoms with Crippen molar-refractivity contribution in [2.45, 2.75) is 31.6 Å². The van der Waals surface area contributed by atoms with E-state index in [2.05, 4.69) is 4.90 Å². The topological polar surface area (TPSA) is 60.9 Å². The number of hydrogen-bond donors (Lipinski definition) is 1. The van der Waals surface area contributed by atoms with Crippen LogP contribution < -0.4 is 0 Å². The fourth-order valence-electron chi connectivity index (χ4n) is 3.88. The van der Waals surface area contributed by atoms with Gasteiger partial charge in [-0.3, -0.25) is 14.5 Å². The van der Waals surface area contributed by atoms with Gasteiger partial charge in [-0.2, -0.15) is 0 Å². The maximum Gasteiger partial charge on any atom is 0.308 e. The highest BCUT2D eigenvalue weighted by atomic mass is 16.4. The molecule has 0 bridgehead atoms. The van der Waals surface area contributed by atoms with E-state index < -0.39 is 11.9 Å². The summed E-state index contributed by atoms with van der Waals surface area (Å²) in [5, 5.41) is 9.55. The van der Waals surface area contributed by atoms with Gasteiger partial charge >= 0.3 is 5.97 Å². The lowest BCUT2D eigenvalue weighted by atomic mass is 9.89. The molecule has 1 amide bonds. The first-order valence-electron chi connectivity index (χ1n) is 8.93. The van der Waals surface area contributed by atoms with Gasteiger partial charge in [0.2, 0.25) is 5.91 Å². The van der Waals surface area contributed by atoms with Crippen LogP contribution in [0.3, 0.4) is 0 Å². The smallest absolute Gasteiger partial charge is 0.308 e. The van der Waals surface area contributed by atoms with Crippen molar-refractivity contribution < 1.29 is 14.7 Å². The summed E-state index contributed by atoms with van der Waals surface area (Å²) in [7, 11) is 0. The Labute approximate surface area is 143 Å². The first-order valence-corrected chi connectivity index (χ1v) is 8.93. The summed E-state index contributed by atoms with van der Waals surface area (Å²) in [6, 6.07) is 9.70. The van der Waals surface area contributed by atoms with Gasteiger partial charge in [0, 0.05) is 19.0 Å². The molecular formula is C19H26N2O3. The van der Waals surface area contributed by atoms with E-state index in [9.17, 15) is 14.7 Å². The Morgan fingerprint density at radius 1 is 1.00 bits per heavy atom. The van der Waals surface area contributed by atoms with Crippen molar-refractivity contribution in [1.29, 1.82) is 0 Å². The number of likely N-dealkylation sites (tertiary alicyclic amines) is 2. The van der Waals surface area contributed by atoms with E-state index in [-0.39, 0.29) is 11.8 Å². The Morgan fingerprint density at radius 3 is 2.29 bits per heavy atom. The molecular weight excluding hydrogens is 304 g/mol. The van der Waals surface area contributed by atoms with Crippen LogP contribution in [-0.4, -0.2) is 59.5 Å². The number of carboxylic acid groups (broad SMARTS) is 1. The Morgan fingerprint density at radius 2 is 1.67 bits per heavy atom. The minimum Gasteiger partial charge on any atom is -0.481 e. The van der Waals surface area contributed by atoms with Crippen molar-refractivity contribution in [3.05, 3.63) is 35.9 Å². The minimum atomic E-state index is -0.811. The van der Waals surface area contributed by atoms with E-state index in [0.29, 0.717) is 19.6 Å². The lowest BCUT2D eigenvalue weighted by molar-refractivity contribution is -0.141. The number of amides is 1. The normalized spacial score (nSPS) is 25.4. The van der Waals surface area contributed by atoms with Crippen LogP contribution in [0, 0.1) is 5.92 Å². The standard InChI is InChI=1S/C19H26N2O3/c22-18(14-20-10-6-1-2-7-11-20)21-12-16(17(13-21)19(23)24)15-8-4-3-5-9-15/h3-5,8-9,16-17H,1-2,6-7,10-14H2,(H,23,24)/t16-,17+/m0/s1. The molecule has 0 spiro atoms. The number of hydrogen-bond acceptors (Lipinski definition) is 3. The first-order chi connectivity index (χ1) is 11.6. The number of aliphatic carboxylic acids is 1. The second-order valence-corrected chi connectivity index (χ2v) is 6.95. The summed E-state index contributed by atoms with van der Waals surface area (Å²) in [5.74, 6) is -1.37. The molecule has 5 heteroatoms. The average Bonchev–Trinajstić information content (AvgIpc) is 2.89. The molecule has 3 rings (SSSR count). The van der Waals surface area contributed by atoms with Crippen LogP contribution in [0.4, 0.5) is 0 Å². The quantitative estimate of drug-likeness (QED) is 0.919. The van der Waals surface area contributed by atoms with Crippen molar-refractivity contribution in [2.75, 3.05) is 32.7 Å². The van der Waals surface area contributed by atoms with Gasteiger partial charge in [0.25, 0.3) is 0 Å². The van der Waals surface area contributed by atoms with Crippen LogP contribution in [-0.2, 0) is 9.59 Å². The van der Waals surface area contributed by atoms with E-state index in [1.165, 1.54) is 12.8 Å². The monoisotopic (exact) mass is 330 g/mol. The highest BCUT2D eigenvalue weighted by molar-refractivity contribution is 5.81. The Bertz CT molecular complexity index is 567. The van der Waals surface area contributed by atoms with Gasteiger partial charge in [-0.25, -0.2) is 0 Å². The number of carboxylic acids is 1. The lowest BCUT2D eigenvalue weighted by Gasteiger charge is -2.23. The number of carbonyl (C=O) groups is 2. The third-order valence-corrected chi connectivity index (χ3v) is 5.28. The molecule has 1 aromatic carbocycles. The summed E-state index contributed by atoms with van der Waals surface area (Å²) < 4.78 is 0. The summed E-state index contributed by atoms with van der Waals surface area (Å²) in [5.41, 5.74) is 1.01. The molecule has 1 N–H and O–H groups in total. The number of carbonyl (C=O) groups excluding carboxylic acids is 1. The Hall–Kier alpha value is -1.88. The van der Waals surface area contributed by atoms with Crippen LogP contribution in [0.2, 0.25) is 0 Å². The molecule has 1 aromatic rings. The van der Waals surface area contributed by atoms with Gasteiger partial charge in [-0.1, -0.05) is 43.2 Å². The SMILES string of the molecule is O=C(O)[C@@H]1CN(C(=O)CN2CCCCCC2)C[C@H]1c1ccccc1. The zero-order valence-corrected chi connectivity index (χ0v) is 14.1. The third-order valence-electron chi connectivity index (χ3n) is 5.28. The molecule has 2 aliphatic rings. The average molecular weight is 330 g/mol. The van der Waals surface area contributed by atoms with Crippen molar-refractivity contribution in [2.24, 2.45) is 5.92 Å². The molecule has 2 heterocycles. The van der Waals surface area contributed by atoms with Gasteiger partial charge in [0.1, 0.15) is 0 Å². The highest BCUT2D eigenvalue weighted by Crippen LogP contribution is 2.33. The van der Waals surface area contributed by atoms with E-state index in [4.69, 9.17) is 0 Å². The van der Waals surface area contributed by atoms with Crippen molar-refractivity contribution >= 4 is 11.9 Å². The molecule has 130 valence electrons. The van der Waals surface area contributed by atoms with Crippen LogP contribution >= 0.6 is 0 Å². The molecule has 2 atom stereocenters. The fourth-order valence-corrected chi connectivity index (χ4v) is 3.88. The van der Waals surface area contributed by atoms with E-state index in [1.807, 2.05) is 30.3 Å². The largest absolute Gasteiger partial charge is 0.481 e. The minimum absolute atomic E-state index is 0.0709. The van der Waals surface area contributed by atoms with E-state index >= 15 is 0 Å². The molecule has 0 radical (unpaired) electrons. The molecule has 2 saturated heterocycles. The summed E-state index contributed by atoms with van der Waals surface area (Å²) in [6.07, 6.45) is 4.78. The predicted octanol–water partition coefficient (Wildman–Crippen LogP) is 2.19. The molecule has 24 heavy (non-hydrogen) atoms. The van der Waals surface area contributed by atoms with E-state index in [0.717, 1.165) is 31.5 Å². The van der Waals surface area contributed by atoms with Crippen molar-refractivity contribution in [1.82, 2.24) is 9.80 Å². The number of nitrogens with zero attached hydrogens (tertiary/aromatic N) is 2. The second-order valence-electron chi connectivity index (χ2n) is 6.95. The van der Waals surface area contributed by atoms with Crippen LogP contribution in [0.25, 0.3) is 0 Å². The first kappa shape index (κ1) is 17.0. The van der Waals surface area contributed by atoms with Gasteiger partial charge in [0.05, 0.1) is 12.5 Å². The molecule has 0 unspecified atom stereocenters. The third kappa shape index (κ3) is 3.96. The van der Waals surface area contributed by atoms with Crippen LogP contribution in [0.15, 0.2) is 30.3 Å². The number of rotatable bonds is 4. The van der Waals surface area contributed by atoms with Crippen molar-refractivity contribution in [3.8, 4) is 0 Å². The van der Waals surface area contributed by atoms with Crippen LogP contribution in [0.1, 0.15) is 37.2 Å². The molecule has 0 aromatic heterocycles. The summed E-state index contributed by atoms with van der Waals surface area (Å²) >= 11 is 0. The fraction of sp³-hybridized carbons (Fsp3) is 0.579. The Balaban J connectivity index is 1.66. The van der Waals surface area contributed by atoms with Gasteiger partial charge in [0.15, 0.2) is 0 Å². The van der Waals surface area contributed by atoms with Gasteiger partial charge < -0.3 is 10.0 Å². The van der Waals surface area contributed by atoms with Gasteiger partial charge in [-0.05, 0) is 31.5 Å². The highest BCUT2D eigenvalue weighted by Gasteiger charge is 2.40. The Kier molecular flexibility index (Phi) is 5.51. The summed E-state index contributed by atoms with van der Waals surface area (Å²) in [6.45, 7) is 3.21. The molecule has 2 aliphatic heterocycles. The maximum absolute atomic E-state index is 12.7. The second kappa shape index (κ2) is 7.79. The molecule has 0 saturated carbocycles. The maximum atomic E-state index is 12.7. The zero-order chi connectivity index (χ0) is 16.9. The van der Waals surface area contributed by atoms with Gasteiger partial charge in [-0.15, -0.1) is 0 Å². The number of benzene rings is 1. The molecule has 0 aliphatic carbocycles. The molecule has 5 nitrogen and oxygen atoms in total. The van der Waals surface area contributed by atoms with Crippen molar-refractivity contribution in [3.63, 3.8) is 0 Å². The zero-order valence-electron chi connectivity index (χ0n) is 14.1. The van der Waals surface area contributed by atoms with Crippen LogP contribution in [0.5, 0.6) is 0 Å². The molecule has 2 fully saturated rings.